The minimum atomic E-state index is 0.166. The van der Waals surface area contributed by atoms with Gasteiger partial charge in [0.25, 0.3) is 0 Å². The van der Waals surface area contributed by atoms with E-state index in [0.717, 1.165) is 32.7 Å². The lowest BCUT2D eigenvalue weighted by Gasteiger charge is -2.32. The molecule has 3 heteroatoms. The number of fused-ring (bicyclic) bond motifs is 1. The molecule has 2 heterocycles. The first kappa shape index (κ1) is 12.6. The second-order valence-electron chi connectivity index (χ2n) is 6.88. The van der Waals surface area contributed by atoms with Crippen molar-refractivity contribution in [2.24, 2.45) is 16.2 Å². The van der Waals surface area contributed by atoms with Crippen LogP contribution in [0.5, 0.6) is 0 Å². The number of carbonyl (C=O) groups excluding carboxylic acids is 1. The smallest absolute Gasteiger partial charge is 0.149 e. The van der Waals surface area contributed by atoms with E-state index in [1.807, 2.05) is 6.92 Å². The molecule has 0 radical (unpaired) electrons. The Bertz CT molecular complexity index is 386. The molecule has 0 unspecified atom stereocenters. The summed E-state index contributed by atoms with van der Waals surface area (Å²) in [6.07, 6.45) is 1.73. The molecule has 0 aromatic carbocycles. The van der Waals surface area contributed by atoms with E-state index in [1.165, 1.54) is 0 Å². The van der Waals surface area contributed by atoms with Crippen LogP contribution < -0.4 is 0 Å². The zero-order valence-electron chi connectivity index (χ0n) is 12.1. The second kappa shape index (κ2) is 3.57. The average Bonchev–Trinajstić information content (AvgIpc) is 2.60. The Labute approximate surface area is 110 Å². The van der Waals surface area contributed by atoms with Crippen molar-refractivity contribution in [3.63, 3.8) is 0 Å². The highest BCUT2D eigenvalue weighted by molar-refractivity contribution is 5.84. The second-order valence-corrected chi connectivity index (χ2v) is 6.88. The molecule has 2 aliphatic heterocycles. The van der Waals surface area contributed by atoms with Gasteiger partial charge in [-0.25, -0.2) is 0 Å². The minimum Gasteiger partial charge on any atom is -0.380 e. The quantitative estimate of drug-likeness (QED) is 0.769. The van der Waals surface area contributed by atoms with Crippen molar-refractivity contribution in [1.82, 2.24) is 4.90 Å². The number of Topliss-reactive ketones (excluding diaryl/α,β-unsaturated/α-hetero) is 1. The summed E-state index contributed by atoms with van der Waals surface area (Å²) >= 11 is 0. The van der Waals surface area contributed by atoms with Crippen LogP contribution in [0.2, 0.25) is 0 Å². The fraction of sp³-hybridized carbons (Fsp3) is 0.933. The van der Waals surface area contributed by atoms with E-state index < -0.39 is 0 Å². The molecule has 3 rings (SSSR count). The van der Waals surface area contributed by atoms with Crippen molar-refractivity contribution in [2.75, 3.05) is 26.3 Å². The van der Waals surface area contributed by atoms with Crippen molar-refractivity contribution in [1.29, 1.82) is 0 Å². The van der Waals surface area contributed by atoms with Gasteiger partial charge in [0.1, 0.15) is 5.78 Å². The number of ketones is 1. The molecule has 0 aromatic rings. The van der Waals surface area contributed by atoms with E-state index >= 15 is 0 Å². The topological polar surface area (TPSA) is 29.5 Å². The SMILES string of the molecule is CCC(=O)[C@@H]1C[C@@]2(CN1CC)C(C)(C)C21COC1. The van der Waals surface area contributed by atoms with Crippen LogP contribution in [0.3, 0.4) is 0 Å². The van der Waals surface area contributed by atoms with Gasteiger partial charge in [-0.2, -0.15) is 0 Å². The molecule has 1 aliphatic carbocycles. The molecular formula is C15H25NO2. The number of hydrogen-bond acceptors (Lipinski definition) is 3. The third-order valence-electron chi connectivity index (χ3n) is 6.53. The Kier molecular flexibility index (Phi) is 2.50. The van der Waals surface area contributed by atoms with Gasteiger partial charge in [-0.15, -0.1) is 0 Å². The number of nitrogens with zero attached hydrogens (tertiary/aromatic N) is 1. The monoisotopic (exact) mass is 251 g/mol. The van der Waals surface area contributed by atoms with Crippen LogP contribution in [0.4, 0.5) is 0 Å². The minimum absolute atomic E-state index is 0.166. The van der Waals surface area contributed by atoms with Crippen molar-refractivity contribution in [3.05, 3.63) is 0 Å². The highest BCUT2D eigenvalue weighted by Crippen LogP contribution is 2.84. The van der Waals surface area contributed by atoms with Crippen LogP contribution in [0.25, 0.3) is 0 Å². The van der Waals surface area contributed by atoms with Gasteiger partial charge in [0.2, 0.25) is 0 Å². The standard InChI is InChI=1S/C15H25NO2/c1-5-12(17)11-7-14(8-16(11)6-2)13(3,4)15(14)9-18-10-15/h11H,5-10H2,1-4H3/t11-,14+/m0/s1. The third-order valence-corrected chi connectivity index (χ3v) is 6.53. The Morgan fingerprint density at radius 1 is 1.28 bits per heavy atom. The van der Waals surface area contributed by atoms with Gasteiger partial charge in [0, 0.05) is 23.8 Å². The summed E-state index contributed by atoms with van der Waals surface area (Å²) in [5, 5.41) is 0. The number of ether oxygens (including phenoxy) is 1. The first-order chi connectivity index (χ1) is 8.46. The lowest BCUT2D eigenvalue weighted by molar-refractivity contribution is -0.123. The maximum Gasteiger partial charge on any atom is 0.149 e. The molecule has 3 aliphatic rings. The number of rotatable bonds is 3. The Hall–Kier alpha value is -0.410. The molecule has 3 fully saturated rings. The number of likely N-dealkylation sites (tertiary alicyclic amines) is 1. The van der Waals surface area contributed by atoms with E-state index in [4.69, 9.17) is 4.74 Å². The predicted molar refractivity (Wildman–Crippen MR) is 70.4 cm³/mol. The van der Waals surface area contributed by atoms with Crippen LogP contribution in [0, 0.1) is 16.2 Å². The molecule has 2 atom stereocenters. The summed E-state index contributed by atoms with van der Waals surface area (Å²) in [6.45, 7) is 12.8. The zero-order valence-corrected chi connectivity index (χ0v) is 12.1. The fourth-order valence-electron chi connectivity index (χ4n) is 4.87. The van der Waals surface area contributed by atoms with Gasteiger partial charge < -0.3 is 4.74 Å². The molecule has 18 heavy (non-hydrogen) atoms. The number of likely N-dealkylation sites (N-methyl/N-ethyl adjacent to an activating group) is 1. The fourth-order valence-corrected chi connectivity index (χ4v) is 4.87. The Balaban J connectivity index is 1.87. The van der Waals surface area contributed by atoms with E-state index in [9.17, 15) is 4.79 Å². The Morgan fingerprint density at radius 2 is 1.94 bits per heavy atom. The average molecular weight is 251 g/mol. The van der Waals surface area contributed by atoms with Gasteiger partial charge in [0.05, 0.1) is 19.3 Å². The van der Waals surface area contributed by atoms with Gasteiger partial charge in [0.15, 0.2) is 0 Å². The summed E-state index contributed by atoms with van der Waals surface area (Å²) in [6, 6.07) is 0.166. The molecule has 1 saturated carbocycles. The van der Waals surface area contributed by atoms with Crippen LogP contribution >= 0.6 is 0 Å². The normalized spacial score (nSPS) is 40.1. The van der Waals surface area contributed by atoms with Crippen LogP contribution in [0.15, 0.2) is 0 Å². The maximum absolute atomic E-state index is 12.2. The molecule has 2 spiro atoms. The third kappa shape index (κ3) is 1.11. The highest BCUT2D eigenvalue weighted by Gasteiger charge is 2.86. The number of carbonyl (C=O) groups is 1. The van der Waals surface area contributed by atoms with E-state index in [-0.39, 0.29) is 6.04 Å². The summed E-state index contributed by atoms with van der Waals surface area (Å²) in [5.41, 5.74) is 1.05. The number of hydrogen-bond donors (Lipinski definition) is 0. The Morgan fingerprint density at radius 3 is 2.33 bits per heavy atom. The van der Waals surface area contributed by atoms with E-state index in [0.29, 0.717) is 28.4 Å². The first-order valence-electron chi connectivity index (χ1n) is 7.30. The molecule has 0 amide bonds. The molecular weight excluding hydrogens is 226 g/mol. The lowest BCUT2D eigenvalue weighted by atomic mass is 9.88. The van der Waals surface area contributed by atoms with Crippen molar-refractivity contribution in [2.45, 2.75) is 46.6 Å². The summed E-state index contributed by atoms with van der Waals surface area (Å²) in [7, 11) is 0. The van der Waals surface area contributed by atoms with E-state index in [2.05, 4.69) is 25.7 Å². The van der Waals surface area contributed by atoms with Crippen molar-refractivity contribution in [3.8, 4) is 0 Å². The largest absolute Gasteiger partial charge is 0.380 e. The molecule has 0 aromatic heterocycles. The van der Waals surface area contributed by atoms with Crippen molar-refractivity contribution >= 4 is 5.78 Å². The van der Waals surface area contributed by atoms with E-state index in [1.54, 1.807) is 0 Å². The summed E-state index contributed by atoms with van der Waals surface area (Å²) in [5.74, 6) is 0.423. The molecule has 0 N–H and O–H groups in total. The van der Waals surface area contributed by atoms with Gasteiger partial charge >= 0.3 is 0 Å². The first-order valence-corrected chi connectivity index (χ1v) is 7.30. The van der Waals surface area contributed by atoms with Crippen LogP contribution in [-0.2, 0) is 9.53 Å². The van der Waals surface area contributed by atoms with Crippen LogP contribution in [0.1, 0.15) is 40.5 Å². The van der Waals surface area contributed by atoms with Crippen molar-refractivity contribution < 1.29 is 9.53 Å². The molecule has 102 valence electrons. The maximum atomic E-state index is 12.2. The van der Waals surface area contributed by atoms with Gasteiger partial charge in [-0.05, 0) is 18.4 Å². The summed E-state index contributed by atoms with van der Waals surface area (Å²) < 4.78 is 5.51. The van der Waals surface area contributed by atoms with Crippen LogP contribution in [-0.4, -0.2) is 43.0 Å². The van der Waals surface area contributed by atoms with Gasteiger partial charge in [-0.3, -0.25) is 9.69 Å². The van der Waals surface area contributed by atoms with Gasteiger partial charge in [-0.1, -0.05) is 27.7 Å². The molecule has 0 bridgehead atoms. The zero-order chi connectivity index (χ0) is 13.2. The molecule has 3 nitrogen and oxygen atoms in total. The highest BCUT2D eigenvalue weighted by atomic mass is 16.5. The lowest BCUT2D eigenvalue weighted by Crippen LogP contribution is -2.37. The summed E-state index contributed by atoms with van der Waals surface area (Å²) in [4.78, 5) is 14.6. The predicted octanol–water partition coefficient (Wildman–Crippen LogP) is 2.10. The molecule has 2 saturated heterocycles.